The van der Waals surface area contributed by atoms with Gasteiger partial charge in [0, 0.05) is 29.4 Å². The summed E-state index contributed by atoms with van der Waals surface area (Å²) in [6.45, 7) is 0.916. The molecule has 3 aromatic rings. The summed E-state index contributed by atoms with van der Waals surface area (Å²) < 4.78 is 33.6. The quantitative estimate of drug-likeness (QED) is 0.706. The molecule has 0 radical (unpaired) electrons. The van der Waals surface area contributed by atoms with Gasteiger partial charge in [-0.05, 0) is 61.4 Å². The van der Waals surface area contributed by atoms with Crippen LogP contribution in [-0.4, -0.2) is 27.8 Å². The highest BCUT2D eigenvalue weighted by Crippen LogP contribution is 2.40. The first kappa shape index (κ1) is 20.0. The number of methoxy groups -OCH3 is 1. The number of carbonyl (C=O) groups is 1. The molecule has 1 aromatic carbocycles. The smallest absolute Gasteiger partial charge is 0.248 e. The molecule has 5 rings (SSSR count). The number of fused-ring (bicyclic) bond motifs is 1. The fraction of sp³-hybridized carbons (Fsp3) is 0.318. The third-order valence-corrected chi connectivity index (χ3v) is 5.23. The van der Waals surface area contributed by atoms with E-state index in [0.717, 1.165) is 43.5 Å². The number of amides is 1. The Morgan fingerprint density at radius 1 is 1.20 bits per heavy atom. The summed E-state index contributed by atoms with van der Waals surface area (Å²) in [4.78, 5) is 14.6. The second-order valence-electron chi connectivity index (χ2n) is 7.47. The lowest BCUT2D eigenvalue weighted by Gasteiger charge is -2.02. The number of primary amides is 1. The van der Waals surface area contributed by atoms with Gasteiger partial charge in [0.1, 0.15) is 5.82 Å². The van der Waals surface area contributed by atoms with Gasteiger partial charge in [-0.25, -0.2) is 13.8 Å². The summed E-state index contributed by atoms with van der Waals surface area (Å²) in [6, 6.07) is 7.85. The topological polar surface area (TPSA) is 83.0 Å². The standard InChI is InChI=1S/C12H12FN3O.C10H10FNO/c1-17-12-6-9(10(13)7-14-12)11-5-8-3-2-4-16(8)15-11;11-9-4-7(6-1-2-6)3-8(5-9)10(12)13/h5-7H,2-4H2,1H3;3-6H,1-2H2,(H2,12,13). The van der Waals surface area contributed by atoms with Crippen LogP contribution in [0.4, 0.5) is 8.78 Å². The summed E-state index contributed by atoms with van der Waals surface area (Å²) in [5, 5.41) is 4.39. The number of hydrogen-bond acceptors (Lipinski definition) is 4. The largest absolute Gasteiger partial charge is 0.481 e. The molecule has 156 valence electrons. The molecule has 0 saturated heterocycles. The van der Waals surface area contributed by atoms with E-state index in [1.54, 1.807) is 12.1 Å². The zero-order valence-electron chi connectivity index (χ0n) is 16.6. The summed E-state index contributed by atoms with van der Waals surface area (Å²) in [6.07, 6.45) is 5.46. The van der Waals surface area contributed by atoms with E-state index in [1.807, 2.05) is 10.7 Å². The minimum atomic E-state index is -0.568. The Kier molecular flexibility index (Phi) is 5.48. The van der Waals surface area contributed by atoms with Crippen LogP contribution in [-0.2, 0) is 13.0 Å². The molecule has 30 heavy (non-hydrogen) atoms. The Balaban J connectivity index is 0.000000151. The molecule has 2 aromatic heterocycles. The van der Waals surface area contributed by atoms with E-state index in [4.69, 9.17) is 10.5 Å². The van der Waals surface area contributed by atoms with Gasteiger partial charge in [-0.1, -0.05) is 0 Å². The van der Waals surface area contributed by atoms with Crippen molar-refractivity contribution in [1.29, 1.82) is 0 Å². The molecule has 8 heteroatoms. The van der Waals surface area contributed by atoms with Gasteiger partial charge in [0.15, 0.2) is 5.82 Å². The lowest BCUT2D eigenvalue weighted by Crippen LogP contribution is -2.11. The third kappa shape index (κ3) is 4.32. The fourth-order valence-corrected chi connectivity index (χ4v) is 3.53. The number of nitrogens with two attached hydrogens (primary N) is 1. The first-order valence-corrected chi connectivity index (χ1v) is 9.81. The van der Waals surface area contributed by atoms with E-state index >= 15 is 0 Å². The number of carbonyl (C=O) groups excluding carboxylic acids is 1. The Hall–Kier alpha value is -3.29. The summed E-state index contributed by atoms with van der Waals surface area (Å²) in [5.41, 5.74) is 8.49. The van der Waals surface area contributed by atoms with Gasteiger partial charge in [0.2, 0.25) is 11.8 Å². The average Bonchev–Trinajstić information content (AvgIpc) is 3.36. The summed E-state index contributed by atoms with van der Waals surface area (Å²) in [7, 11) is 1.51. The van der Waals surface area contributed by atoms with Crippen LogP contribution in [0.2, 0.25) is 0 Å². The highest BCUT2D eigenvalue weighted by Gasteiger charge is 2.24. The van der Waals surface area contributed by atoms with E-state index in [0.29, 0.717) is 23.1 Å². The Labute approximate surface area is 172 Å². The van der Waals surface area contributed by atoms with E-state index in [-0.39, 0.29) is 17.2 Å². The van der Waals surface area contributed by atoms with Crippen LogP contribution in [0.25, 0.3) is 11.3 Å². The van der Waals surface area contributed by atoms with E-state index < -0.39 is 5.91 Å². The van der Waals surface area contributed by atoms with Gasteiger partial charge in [-0.15, -0.1) is 0 Å². The number of ether oxygens (including phenoxy) is 1. The molecule has 6 nitrogen and oxygen atoms in total. The predicted molar refractivity (Wildman–Crippen MR) is 107 cm³/mol. The average molecular weight is 412 g/mol. The second kappa shape index (κ2) is 8.22. The third-order valence-electron chi connectivity index (χ3n) is 5.23. The van der Waals surface area contributed by atoms with Crippen LogP contribution >= 0.6 is 0 Å². The highest BCUT2D eigenvalue weighted by atomic mass is 19.1. The van der Waals surface area contributed by atoms with Crippen molar-refractivity contribution >= 4 is 5.91 Å². The molecule has 0 atom stereocenters. The number of benzene rings is 1. The molecule has 3 heterocycles. The van der Waals surface area contributed by atoms with Crippen molar-refractivity contribution in [1.82, 2.24) is 14.8 Å². The van der Waals surface area contributed by atoms with E-state index in [1.165, 1.54) is 25.4 Å². The van der Waals surface area contributed by atoms with Gasteiger partial charge in [-0.2, -0.15) is 5.10 Å². The summed E-state index contributed by atoms with van der Waals surface area (Å²) >= 11 is 0. The highest BCUT2D eigenvalue weighted by molar-refractivity contribution is 5.93. The van der Waals surface area contributed by atoms with Gasteiger partial charge in [0.25, 0.3) is 0 Å². The van der Waals surface area contributed by atoms with Gasteiger partial charge in [-0.3, -0.25) is 9.48 Å². The molecule has 1 fully saturated rings. The lowest BCUT2D eigenvalue weighted by molar-refractivity contribution is 0.0999. The van der Waals surface area contributed by atoms with Crippen LogP contribution in [0.1, 0.15) is 46.8 Å². The van der Waals surface area contributed by atoms with E-state index in [2.05, 4.69) is 10.1 Å². The van der Waals surface area contributed by atoms with Gasteiger partial charge in [0.05, 0.1) is 19.0 Å². The Morgan fingerprint density at radius 2 is 2.00 bits per heavy atom. The SMILES string of the molecule is COc1cc(-c2cc3n(n2)CCC3)c(F)cn1.NC(=O)c1cc(F)cc(C2CC2)c1. The van der Waals surface area contributed by atoms with Crippen molar-refractivity contribution < 1.29 is 18.3 Å². The molecular formula is C22H22F2N4O2. The van der Waals surface area contributed by atoms with Gasteiger partial charge >= 0.3 is 0 Å². The van der Waals surface area contributed by atoms with Crippen molar-refractivity contribution in [2.24, 2.45) is 5.73 Å². The molecule has 0 unspecified atom stereocenters. The monoisotopic (exact) mass is 412 g/mol. The first-order valence-electron chi connectivity index (χ1n) is 9.81. The number of nitrogens with zero attached hydrogens (tertiary/aromatic N) is 3. The number of pyridine rings is 1. The van der Waals surface area contributed by atoms with Crippen molar-refractivity contribution in [2.75, 3.05) is 7.11 Å². The number of hydrogen-bond donors (Lipinski definition) is 1. The molecule has 2 N–H and O–H groups in total. The molecule has 1 aliphatic heterocycles. The van der Waals surface area contributed by atoms with Crippen molar-refractivity contribution in [3.8, 4) is 17.1 Å². The van der Waals surface area contributed by atoms with Crippen LogP contribution in [0, 0.1) is 11.6 Å². The van der Waals surface area contributed by atoms with Crippen LogP contribution in [0.3, 0.4) is 0 Å². The minimum absolute atomic E-state index is 0.266. The fourth-order valence-electron chi connectivity index (χ4n) is 3.53. The molecule has 0 bridgehead atoms. The normalized spacial score (nSPS) is 14.6. The molecule has 1 aliphatic carbocycles. The molecule has 2 aliphatic rings. The zero-order valence-corrected chi connectivity index (χ0v) is 16.6. The second-order valence-corrected chi connectivity index (χ2v) is 7.47. The maximum Gasteiger partial charge on any atom is 0.248 e. The zero-order chi connectivity index (χ0) is 21.3. The van der Waals surface area contributed by atoms with Crippen LogP contribution in [0.5, 0.6) is 5.88 Å². The number of rotatable bonds is 4. The Morgan fingerprint density at radius 3 is 2.67 bits per heavy atom. The lowest BCUT2D eigenvalue weighted by atomic mass is 10.1. The summed E-state index contributed by atoms with van der Waals surface area (Å²) in [5.74, 6) is -0.481. The predicted octanol–water partition coefficient (Wildman–Crippen LogP) is 3.84. The first-order chi connectivity index (χ1) is 14.4. The Bertz CT molecular complexity index is 1070. The van der Waals surface area contributed by atoms with Crippen LogP contribution < -0.4 is 10.5 Å². The maximum absolute atomic E-state index is 13.7. The minimum Gasteiger partial charge on any atom is -0.481 e. The van der Waals surface area contributed by atoms with Crippen molar-refractivity contribution in [2.45, 2.75) is 38.1 Å². The van der Waals surface area contributed by atoms with E-state index in [9.17, 15) is 13.6 Å². The molecule has 1 saturated carbocycles. The van der Waals surface area contributed by atoms with Gasteiger partial charge < -0.3 is 10.5 Å². The number of halogens is 2. The number of aromatic nitrogens is 3. The molecule has 0 spiro atoms. The van der Waals surface area contributed by atoms with Crippen LogP contribution in [0.15, 0.2) is 36.5 Å². The molecular weight excluding hydrogens is 390 g/mol. The number of aryl methyl sites for hydroxylation is 2. The maximum atomic E-state index is 13.7. The molecule has 1 amide bonds. The van der Waals surface area contributed by atoms with Crippen molar-refractivity contribution in [3.05, 3.63) is 65.0 Å². The van der Waals surface area contributed by atoms with Crippen molar-refractivity contribution in [3.63, 3.8) is 0 Å².